The molecule has 4 nitrogen and oxygen atoms in total. The number of phenolic OH excluding ortho intramolecular Hbond substituents is 2. The molecular weight excluding hydrogens is 316 g/mol. The Morgan fingerprint density at radius 3 is 2.36 bits per heavy atom. The summed E-state index contributed by atoms with van der Waals surface area (Å²) in [4.78, 5) is 11.7. The van der Waals surface area contributed by atoms with Gasteiger partial charge in [0.1, 0.15) is 11.5 Å². The molecule has 25 heavy (non-hydrogen) atoms. The SMILES string of the molecule is O=C(O)c1cc(O)cc2c1CC(c1ccc(O)cc1)C1CCCCC21. The highest BCUT2D eigenvalue weighted by Crippen LogP contribution is 2.52. The minimum atomic E-state index is -0.981. The van der Waals surface area contributed by atoms with E-state index in [0.717, 1.165) is 36.0 Å². The van der Waals surface area contributed by atoms with E-state index in [2.05, 4.69) is 0 Å². The lowest BCUT2D eigenvalue weighted by Gasteiger charge is -2.43. The minimum absolute atomic E-state index is 0.0450. The first-order valence-electron chi connectivity index (χ1n) is 8.92. The molecule has 4 rings (SSSR count). The van der Waals surface area contributed by atoms with Crippen LogP contribution in [0.15, 0.2) is 36.4 Å². The van der Waals surface area contributed by atoms with Crippen molar-refractivity contribution < 1.29 is 20.1 Å². The molecular formula is C21H22O4. The number of aromatic carboxylic acids is 1. The van der Waals surface area contributed by atoms with Gasteiger partial charge in [-0.2, -0.15) is 0 Å². The monoisotopic (exact) mass is 338 g/mol. The Kier molecular flexibility index (Phi) is 3.91. The number of hydrogen-bond donors (Lipinski definition) is 3. The summed E-state index contributed by atoms with van der Waals surface area (Å²) in [6.07, 6.45) is 5.16. The van der Waals surface area contributed by atoms with Gasteiger partial charge in [0.25, 0.3) is 0 Å². The summed E-state index contributed by atoms with van der Waals surface area (Å²) in [6, 6.07) is 10.5. The highest BCUT2D eigenvalue weighted by Gasteiger charge is 2.40. The summed E-state index contributed by atoms with van der Waals surface area (Å²) < 4.78 is 0. The molecule has 3 atom stereocenters. The van der Waals surface area contributed by atoms with Crippen LogP contribution < -0.4 is 0 Å². The van der Waals surface area contributed by atoms with Crippen molar-refractivity contribution >= 4 is 5.97 Å². The van der Waals surface area contributed by atoms with Crippen LogP contribution in [0.1, 0.15) is 64.6 Å². The van der Waals surface area contributed by atoms with Gasteiger partial charge in [0.2, 0.25) is 0 Å². The van der Waals surface area contributed by atoms with Crippen molar-refractivity contribution in [3.05, 3.63) is 58.7 Å². The second-order valence-electron chi connectivity index (χ2n) is 7.32. The van der Waals surface area contributed by atoms with Crippen LogP contribution >= 0.6 is 0 Å². The molecule has 0 amide bonds. The fourth-order valence-corrected chi connectivity index (χ4v) is 4.91. The second-order valence-corrected chi connectivity index (χ2v) is 7.32. The van der Waals surface area contributed by atoms with Gasteiger partial charge in [-0.25, -0.2) is 4.79 Å². The Bertz CT molecular complexity index is 809. The predicted molar refractivity (Wildman–Crippen MR) is 94.3 cm³/mol. The van der Waals surface area contributed by atoms with Crippen LogP contribution in [0, 0.1) is 5.92 Å². The van der Waals surface area contributed by atoms with Gasteiger partial charge in [-0.05, 0) is 78.0 Å². The molecule has 1 saturated carbocycles. The lowest BCUT2D eigenvalue weighted by molar-refractivity contribution is 0.0693. The largest absolute Gasteiger partial charge is 0.508 e. The van der Waals surface area contributed by atoms with Gasteiger partial charge < -0.3 is 15.3 Å². The van der Waals surface area contributed by atoms with E-state index in [1.807, 2.05) is 12.1 Å². The van der Waals surface area contributed by atoms with Crippen molar-refractivity contribution in [1.82, 2.24) is 0 Å². The van der Waals surface area contributed by atoms with E-state index in [9.17, 15) is 20.1 Å². The summed E-state index contributed by atoms with van der Waals surface area (Å²) in [5.41, 5.74) is 3.27. The predicted octanol–water partition coefficient (Wildman–Crippen LogP) is 4.41. The topological polar surface area (TPSA) is 77.8 Å². The number of phenols is 2. The van der Waals surface area contributed by atoms with Gasteiger partial charge in [-0.3, -0.25) is 0 Å². The van der Waals surface area contributed by atoms with Crippen LogP contribution in [-0.2, 0) is 6.42 Å². The zero-order chi connectivity index (χ0) is 17.6. The van der Waals surface area contributed by atoms with Gasteiger partial charge in [0.15, 0.2) is 0 Å². The fraction of sp³-hybridized carbons (Fsp3) is 0.381. The lowest BCUT2D eigenvalue weighted by Crippen LogP contribution is -2.32. The maximum Gasteiger partial charge on any atom is 0.336 e. The highest BCUT2D eigenvalue weighted by molar-refractivity contribution is 5.90. The number of carboxylic acids is 1. The van der Waals surface area contributed by atoms with E-state index >= 15 is 0 Å². The van der Waals surface area contributed by atoms with Crippen LogP contribution in [0.3, 0.4) is 0 Å². The van der Waals surface area contributed by atoms with Crippen molar-refractivity contribution in [1.29, 1.82) is 0 Å². The number of rotatable bonds is 2. The maximum atomic E-state index is 11.7. The third kappa shape index (κ3) is 2.76. The molecule has 0 heterocycles. The minimum Gasteiger partial charge on any atom is -0.508 e. The molecule has 130 valence electrons. The Hall–Kier alpha value is -2.49. The van der Waals surface area contributed by atoms with Crippen LogP contribution in [0.2, 0.25) is 0 Å². The molecule has 0 saturated heterocycles. The number of carbonyl (C=O) groups is 1. The first-order chi connectivity index (χ1) is 12.0. The van der Waals surface area contributed by atoms with Gasteiger partial charge in [0, 0.05) is 0 Å². The van der Waals surface area contributed by atoms with Gasteiger partial charge in [-0.1, -0.05) is 25.0 Å². The van der Waals surface area contributed by atoms with Crippen molar-refractivity contribution in [2.45, 2.75) is 43.9 Å². The molecule has 3 unspecified atom stereocenters. The number of aromatic hydroxyl groups is 2. The highest BCUT2D eigenvalue weighted by atomic mass is 16.4. The Labute approximate surface area is 146 Å². The summed E-state index contributed by atoms with van der Waals surface area (Å²) in [7, 11) is 0. The maximum absolute atomic E-state index is 11.7. The first-order valence-corrected chi connectivity index (χ1v) is 8.92. The molecule has 0 spiro atoms. The molecule has 3 N–H and O–H groups in total. The summed E-state index contributed by atoms with van der Waals surface area (Å²) in [5.74, 6) is 0.308. The van der Waals surface area contributed by atoms with E-state index in [4.69, 9.17) is 0 Å². The average Bonchev–Trinajstić information content (AvgIpc) is 2.61. The molecule has 4 heteroatoms. The Morgan fingerprint density at radius 1 is 0.920 bits per heavy atom. The number of benzene rings is 2. The summed E-state index contributed by atoms with van der Waals surface area (Å²) in [5, 5.41) is 29.2. The van der Waals surface area contributed by atoms with E-state index in [-0.39, 0.29) is 23.0 Å². The normalized spacial score (nSPS) is 25.0. The smallest absolute Gasteiger partial charge is 0.336 e. The molecule has 2 aromatic carbocycles. The molecule has 2 aliphatic rings. The summed E-state index contributed by atoms with van der Waals surface area (Å²) >= 11 is 0. The first kappa shape index (κ1) is 16.0. The van der Waals surface area contributed by atoms with Crippen molar-refractivity contribution in [3.8, 4) is 11.5 Å². The molecule has 0 aromatic heterocycles. The van der Waals surface area contributed by atoms with Crippen LogP contribution in [0.25, 0.3) is 0 Å². The van der Waals surface area contributed by atoms with Crippen molar-refractivity contribution in [2.75, 3.05) is 0 Å². The molecule has 2 aliphatic carbocycles. The molecule has 1 fully saturated rings. The second kappa shape index (κ2) is 6.10. The third-order valence-electron chi connectivity index (χ3n) is 5.98. The zero-order valence-corrected chi connectivity index (χ0v) is 14.0. The number of fused-ring (bicyclic) bond motifs is 3. The third-order valence-corrected chi connectivity index (χ3v) is 5.98. The average molecular weight is 338 g/mol. The molecule has 2 aromatic rings. The van der Waals surface area contributed by atoms with E-state index in [1.165, 1.54) is 12.5 Å². The summed E-state index contributed by atoms with van der Waals surface area (Å²) in [6.45, 7) is 0. The fourth-order valence-electron chi connectivity index (χ4n) is 4.91. The number of carboxylic acid groups (broad SMARTS) is 1. The Morgan fingerprint density at radius 2 is 1.64 bits per heavy atom. The lowest BCUT2D eigenvalue weighted by atomic mass is 9.61. The van der Waals surface area contributed by atoms with Crippen molar-refractivity contribution in [2.24, 2.45) is 5.92 Å². The van der Waals surface area contributed by atoms with Crippen LogP contribution in [0.5, 0.6) is 11.5 Å². The molecule has 0 aliphatic heterocycles. The van der Waals surface area contributed by atoms with Crippen LogP contribution in [0.4, 0.5) is 0 Å². The van der Waals surface area contributed by atoms with E-state index < -0.39 is 5.97 Å². The van der Waals surface area contributed by atoms with Crippen molar-refractivity contribution in [3.63, 3.8) is 0 Å². The van der Waals surface area contributed by atoms with Gasteiger partial charge in [0.05, 0.1) is 5.56 Å². The van der Waals surface area contributed by atoms with Gasteiger partial charge >= 0.3 is 5.97 Å². The molecule has 0 radical (unpaired) electrons. The van der Waals surface area contributed by atoms with Gasteiger partial charge in [-0.15, -0.1) is 0 Å². The van der Waals surface area contributed by atoms with Crippen LogP contribution in [-0.4, -0.2) is 21.3 Å². The standard InChI is InChI=1S/C21H22O4/c22-13-7-5-12(6-8-13)17-11-19-18(16-4-2-1-3-15(16)17)9-14(23)10-20(19)21(24)25/h5-10,15-17,22-23H,1-4,11H2,(H,24,25). The van der Waals surface area contributed by atoms with E-state index in [1.54, 1.807) is 18.2 Å². The zero-order valence-electron chi connectivity index (χ0n) is 14.0. The quantitative estimate of drug-likeness (QED) is 0.758. The van der Waals surface area contributed by atoms with E-state index in [0.29, 0.717) is 18.3 Å². The molecule has 0 bridgehead atoms. The Balaban J connectivity index is 1.85. The number of hydrogen-bond acceptors (Lipinski definition) is 3.